The van der Waals surface area contributed by atoms with Crippen LogP contribution in [0.4, 0.5) is 0 Å². The molecule has 2 N–H and O–H groups in total. The van der Waals surface area contributed by atoms with Gasteiger partial charge in [0.05, 0.1) is 12.3 Å². The Morgan fingerprint density at radius 3 is 2.45 bits per heavy atom. The van der Waals surface area contributed by atoms with E-state index in [0.717, 1.165) is 11.1 Å². The number of aromatic amines is 1. The van der Waals surface area contributed by atoms with Crippen LogP contribution in [0, 0.1) is 17.3 Å². The second kappa shape index (κ2) is 8.87. The topological polar surface area (TPSA) is 142 Å². The van der Waals surface area contributed by atoms with E-state index < -0.39 is 16.2 Å². The fraction of sp³-hybridized carbons (Fsp3) is 0.182. The summed E-state index contributed by atoms with van der Waals surface area (Å²) in [6.45, 7) is 2.33. The molecule has 3 aromatic rings. The van der Waals surface area contributed by atoms with Crippen molar-refractivity contribution in [3.05, 3.63) is 102 Å². The summed E-state index contributed by atoms with van der Waals surface area (Å²) in [7, 11) is 1.53. The summed E-state index contributed by atoms with van der Waals surface area (Å²) in [6, 6.07) is 7.84. The monoisotopic (exact) mass is 466 g/mol. The number of benzene rings is 1. The molecule has 2 heterocycles. The van der Waals surface area contributed by atoms with Crippen molar-refractivity contribution in [1.82, 2.24) is 19.1 Å². The van der Waals surface area contributed by atoms with Crippen LogP contribution in [0.15, 0.2) is 74.6 Å². The molecule has 0 unspecified atom stereocenters. The number of nitrogens with one attached hydrogen (secondary N) is 1. The molecule has 0 atom stereocenters. The molecule has 10 nitrogen and oxygen atoms in total. The summed E-state index contributed by atoms with van der Waals surface area (Å²) in [5, 5.41) is 32.6. The lowest BCUT2D eigenvalue weighted by Gasteiger charge is -2.11. The molecule has 0 saturated heterocycles. The van der Waals surface area contributed by atoms with Crippen LogP contribution in [0.1, 0.15) is 11.1 Å². The lowest BCUT2D eigenvalue weighted by molar-refractivity contribution is -0.377. The van der Waals surface area contributed by atoms with Crippen LogP contribution in [0.5, 0.6) is 0 Å². The number of H-pyrrole nitrogens is 1. The zero-order valence-electron chi connectivity index (χ0n) is 17.8. The van der Waals surface area contributed by atoms with Crippen molar-refractivity contribution in [1.29, 1.82) is 0 Å². The molecule has 0 bridgehead atoms. The minimum Gasteiger partial charge on any atom is -0.612 e. The van der Waals surface area contributed by atoms with Crippen molar-refractivity contribution in [2.24, 2.45) is 7.05 Å². The molecular formula is C22H20N5O5S-. The second-order valence-electron chi connectivity index (χ2n) is 7.50. The summed E-state index contributed by atoms with van der Waals surface area (Å²) in [6.07, 6.45) is 5.58. The number of hydrogen-bond donors (Lipinski definition) is 2. The van der Waals surface area contributed by atoms with Gasteiger partial charge in [0.15, 0.2) is 16.3 Å². The molecule has 11 heteroatoms. The first-order valence-corrected chi connectivity index (χ1v) is 10.9. The Bertz CT molecular complexity index is 1450. The summed E-state index contributed by atoms with van der Waals surface area (Å²) in [5.74, 6) is 0.118. The Kier molecular flexibility index (Phi) is 5.97. The van der Waals surface area contributed by atoms with Crippen LogP contribution < -0.4 is 11.2 Å². The Balaban J connectivity index is 1.72. The number of allylic oxidation sites excluding steroid dienone is 5. The van der Waals surface area contributed by atoms with Crippen molar-refractivity contribution >= 4 is 28.6 Å². The third-order valence-corrected chi connectivity index (χ3v) is 6.17. The first-order valence-electron chi connectivity index (χ1n) is 9.92. The molecule has 4 rings (SSSR count). The van der Waals surface area contributed by atoms with Gasteiger partial charge in [-0.2, -0.15) is 4.90 Å². The van der Waals surface area contributed by atoms with Crippen LogP contribution in [0.3, 0.4) is 0 Å². The average Bonchev–Trinajstić information content (AvgIpc) is 3.16. The molecule has 1 aromatic carbocycles. The fourth-order valence-electron chi connectivity index (χ4n) is 3.34. The van der Waals surface area contributed by atoms with E-state index in [1.165, 1.54) is 47.7 Å². The summed E-state index contributed by atoms with van der Waals surface area (Å²) < 4.78 is 2.98. The van der Waals surface area contributed by atoms with Crippen molar-refractivity contribution in [3.8, 4) is 0 Å². The predicted octanol–water partition coefficient (Wildman–Crippen LogP) is 2.26. The van der Waals surface area contributed by atoms with Gasteiger partial charge in [-0.1, -0.05) is 41.6 Å². The zero-order chi connectivity index (χ0) is 23.7. The maximum Gasteiger partial charge on any atom is 0.329 e. The lowest BCUT2D eigenvalue weighted by atomic mass is 10.1. The highest BCUT2D eigenvalue weighted by Crippen LogP contribution is 2.25. The number of rotatable bonds is 5. The number of aliphatic hydroxyl groups is 1. The minimum atomic E-state index is -0.565. The lowest BCUT2D eigenvalue weighted by Crippen LogP contribution is -2.29. The molecule has 170 valence electrons. The molecule has 33 heavy (non-hydrogen) atoms. The molecule has 0 fully saturated rings. The van der Waals surface area contributed by atoms with Gasteiger partial charge >= 0.3 is 5.69 Å². The second-order valence-corrected chi connectivity index (χ2v) is 8.44. The Hall–Kier alpha value is -3.99. The number of aromatic nitrogens is 4. The number of hydrogen-bond acceptors (Lipinski definition) is 7. The van der Waals surface area contributed by atoms with E-state index in [9.17, 15) is 25.1 Å². The number of fused-ring (bicyclic) bond motifs is 1. The van der Waals surface area contributed by atoms with Crippen molar-refractivity contribution in [3.63, 3.8) is 0 Å². The SMILES string of the molecule is Cc1ccc(Cn2c(SCC(O)=C3C=CC(=[N+]([O-])[O-])C=C3)nc3c2c(=O)[nH]c(=O)n3C)cc1. The van der Waals surface area contributed by atoms with E-state index in [-0.39, 0.29) is 28.4 Å². The van der Waals surface area contributed by atoms with Gasteiger partial charge in [-0.25, -0.2) is 9.78 Å². The molecule has 0 spiro atoms. The van der Waals surface area contributed by atoms with E-state index in [4.69, 9.17) is 0 Å². The quantitative estimate of drug-likeness (QED) is 0.254. The van der Waals surface area contributed by atoms with E-state index in [2.05, 4.69) is 9.97 Å². The van der Waals surface area contributed by atoms with Crippen LogP contribution in [0.25, 0.3) is 11.2 Å². The predicted molar refractivity (Wildman–Crippen MR) is 127 cm³/mol. The third-order valence-electron chi connectivity index (χ3n) is 5.18. The molecular weight excluding hydrogens is 446 g/mol. The zero-order valence-corrected chi connectivity index (χ0v) is 18.6. The smallest absolute Gasteiger partial charge is 0.329 e. The maximum atomic E-state index is 12.6. The third kappa shape index (κ3) is 4.48. The highest BCUT2D eigenvalue weighted by Gasteiger charge is 2.19. The van der Waals surface area contributed by atoms with Crippen LogP contribution in [0.2, 0.25) is 0 Å². The van der Waals surface area contributed by atoms with Gasteiger partial charge in [-0.05, 0) is 24.6 Å². The highest BCUT2D eigenvalue weighted by molar-refractivity contribution is 7.99. The van der Waals surface area contributed by atoms with Gasteiger partial charge in [-0.3, -0.25) is 14.3 Å². The van der Waals surface area contributed by atoms with Gasteiger partial charge < -0.3 is 20.1 Å². The Labute approximate surface area is 191 Å². The Morgan fingerprint density at radius 2 is 1.82 bits per heavy atom. The normalized spacial score (nSPS) is 13.2. The van der Waals surface area contributed by atoms with Gasteiger partial charge in [0.1, 0.15) is 5.76 Å². The minimum absolute atomic E-state index is 0.00615. The van der Waals surface area contributed by atoms with Gasteiger partial charge in [0.25, 0.3) is 5.56 Å². The molecule has 0 amide bonds. The summed E-state index contributed by atoms with van der Waals surface area (Å²) in [4.78, 5) is 31.0. The van der Waals surface area contributed by atoms with E-state index in [0.29, 0.717) is 17.3 Å². The Morgan fingerprint density at radius 1 is 1.15 bits per heavy atom. The maximum absolute atomic E-state index is 12.6. The van der Waals surface area contributed by atoms with E-state index >= 15 is 0 Å². The van der Waals surface area contributed by atoms with Gasteiger partial charge in [0, 0.05) is 24.8 Å². The van der Waals surface area contributed by atoms with Crippen LogP contribution >= 0.6 is 11.8 Å². The number of aryl methyl sites for hydroxylation is 2. The molecule has 0 aliphatic heterocycles. The van der Waals surface area contributed by atoms with Crippen molar-refractivity contribution in [2.75, 3.05) is 5.75 Å². The summed E-state index contributed by atoms with van der Waals surface area (Å²) >= 11 is 1.19. The largest absolute Gasteiger partial charge is 0.612 e. The molecule has 1 aliphatic carbocycles. The average molecular weight is 466 g/mol. The first kappa shape index (κ1) is 22.2. The van der Waals surface area contributed by atoms with Gasteiger partial charge in [-0.15, -0.1) is 0 Å². The van der Waals surface area contributed by atoms with Crippen molar-refractivity contribution < 1.29 is 10.0 Å². The van der Waals surface area contributed by atoms with Crippen LogP contribution in [-0.4, -0.2) is 40.6 Å². The van der Waals surface area contributed by atoms with Gasteiger partial charge in [0.2, 0.25) is 5.71 Å². The van der Waals surface area contributed by atoms with Crippen LogP contribution in [-0.2, 0) is 13.6 Å². The first-order chi connectivity index (χ1) is 15.7. The molecule has 2 aromatic heterocycles. The molecule has 1 aliphatic rings. The summed E-state index contributed by atoms with van der Waals surface area (Å²) in [5.41, 5.74) is 1.82. The van der Waals surface area contributed by atoms with E-state index in [1.54, 1.807) is 4.57 Å². The number of imidazole rings is 1. The highest BCUT2D eigenvalue weighted by atomic mass is 32.2. The number of thioether (sulfide) groups is 1. The number of nitrogens with zero attached hydrogens (tertiary/aromatic N) is 4. The standard InChI is InChI=1S/C22H20N5O5S/c1-13-3-5-14(6-4-13)11-26-18-19(25(2)21(30)24-20(18)29)23-22(26)33-12-17(28)15-7-9-16(10-8-15)27(31)32/h3-10H,11-12H2,1-2H3,(H2-,24,28,29,30,31,32)/q-1. The van der Waals surface area contributed by atoms with E-state index in [1.807, 2.05) is 31.2 Å². The number of aliphatic hydroxyl groups excluding tert-OH is 1. The molecule has 0 saturated carbocycles. The molecule has 0 radical (unpaired) electrons. The van der Waals surface area contributed by atoms with Crippen molar-refractivity contribution in [2.45, 2.75) is 18.6 Å². The fourth-order valence-corrected chi connectivity index (χ4v) is 4.23.